The predicted molar refractivity (Wildman–Crippen MR) is 91.8 cm³/mol. The van der Waals surface area contributed by atoms with Gasteiger partial charge in [0.25, 0.3) is 0 Å². The van der Waals surface area contributed by atoms with E-state index in [2.05, 4.69) is 47.5 Å². The molecule has 24 heavy (non-hydrogen) atoms. The van der Waals surface area contributed by atoms with Gasteiger partial charge in [-0.25, -0.2) is 0 Å². The second-order valence-electron chi connectivity index (χ2n) is 8.49. The van der Waals surface area contributed by atoms with E-state index in [0.717, 1.165) is 19.4 Å². The monoisotopic (exact) mass is 324 g/mol. The fraction of sp³-hybridized carbons (Fsp3) is 0.600. The molecule has 1 aromatic carbocycles. The Morgan fingerprint density at radius 2 is 2.21 bits per heavy atom. The van der Waals surface area contributed by atoms with E-state index < -0.39 is 11.5 Å². The second-order valence-corrected chi connectivity index (χ2v) is 8.49. The SMILES string of the molecule is C/C=C1/CN2C3CC45c6ccccc6N[C@@H]4[C@@H]2C[C@@H]1[C@@]3(CO)[C@@H]5O. The zero-order valence-corrected chi connectivity index (χ0v) is 13.9. The fourth-order valence-electron chi connectivity index (χ4n) is 7.40. The first kappa shape index (κ1) is 13.9. The lowest BCUT2D eigenvalue weighted by Crippen LogP contribution is -2.70. The number of piperidine rings is 4. The van der Waals surface area contributed by atoms with Crippen molar-refractivity contribution in [3.8, 4) is 0 Å². The van der Waals surface area contributed by atoms with Crippen molar-refractivity contribution in [3.63, 3.8) is 0 Å². The van der Waals surface area contributed by atoms with Crippen molar-refractivity contribution in [1.82, 2.24) is 4.90 Å². The van der Waals surface area contributed by atoms with E-state index in [1.165, 1.54) is 16.8 Å². The predicted octanol–water partition coefficient (Wildman–Crippen LogP) is 1.49. The number of fused-ring (bicyclic) bond motifs is 2. The highest BCUT2D eigenvalue weighted by Crippen LogP contribution is 2.71. The lowest BCUT2D eigenvalue weighted by Gasteiger charge is -2.61. The average molecular weight is 324 g/mol. The summed E-state index contributed by atoms with van der Waals surface area (Å²) in [5, 5.41) is 26.0. The lowest BCUT2D eigenvalue weighted by atomic mass is 9.59. The number of aliphatic hydroxyl groups excluding tert-OH is 2. The number of allylic oxidation sites excluding steroid dienone is 1. The molecule has 7 rings (SSSR count). The van der Waals surface area contributed by atoms with Crippen LogP contribution < -0.4 is 5.32 Å². The zero-order chi connectivity index (χ0) is 16.3. The van der Waals surface area contributed by atoms with Crippen LogP contribution >= 0.6 is 0 Å². The van der Waals surface area contributed by atoms with E-state index in [4.69, 9.17) is 0 Å². The molecule has 4 heteroatoms. The molecule has 3 N–H and O–H groups in total. The first-order valence-electron chi connectivity index (χ1n) is 9.24. The number of anilines is 1. The Balaban J connectivity index is 1.64. The van der Waals surface area contributed by atoms with Gasteiger partial charge < -0.3 is 15.5 Å². The Kier molecular flexibility index (Phi) is 2.35. The molecule has 0 amide bonds. The summed E-state index contributed by atoms with van der Waals surface area (Å²) in [5.74, 6) is 0.321. The molecule has 5 fully saturated rings. The number of benzene rings is 1. The Morgan fingerprint density at radius 1 is 1.38 bits per heavy atom. The third-order valence-corrected chi connectivity index (χ3v) is 8.24. The lowest BCUT2D eigenvalue weighted by molar-refractivity contribution is -0.126. The summed E-state index contributed by atoms with van der Waals surface area (Å²) >= 11 is 0. The van der Waals surface area contributed by atoms with Gasteiger partial charge in [0.15, 0.2) is 0 Å². The Morgan fingerprint density at radius 3 is 3.00 bits per heavy atom. The van der Waals surface area contributed by atoms with Crippen LogP contribution in [0.4, 0.5) is 5.69 Å². The molecular formula is C20H24N2O2. The highest BCUT2D eigenvalue weighted by Gasteiger charge is 2.79. The molecule has 0 radical (unpaired) electrons. The summed E-state index contributed by atoms with van der Waals surface area (Å²) in [6.07, 6.45) is 3.76. The maximum Gasteiger partial charge on any atom is 0.0757 e. The van der Waals surface area contributed by atoms with Crippen LogP contribution in [0.1, 0.15) is 25.3 Å². The van der Waals surface area contributed by atoms with Crippen LogP contribution in [-0.2, 0) is 5.41 Å². The van der Waals surface area contributed by atoms with E-state index in [1.54, 1.807) is 0 Å². The van der Waals surface area contributed by atoms with Crippen LogP contribution in [0.5, 0.6) is 0 Å². The summed E-state index contributed by atoms with van der Waals surface area (Å²) in [7, 11) is 0. The van der Waals surface area contributed by atoms with Crippen LogP contribution in [0.3, 0.4) is 0 Å². The summed E-state index contributed by atoms with van der Waals surface area (Å²) in [6, 6.07) is 9.52. The summed E-state index contributed by atoms with van der Waals surface area (Å²) in [6.45, 7) is 3.20. The van der Waals surface area contributed by atoms with E-state index in [-0.39, 0.29) is 18.1 Å². The molecule has 5 heterocycles. The minimum Gasteiger partial charge on any atom is -0.396 e. The Hall–Kier alpha value is -1.36. The van der Waals surface area contributed by atoms with Gasteiger partial charge in [0.1, 0.15) is 0 Å². The van der Waals surface area contributed by atoms with Crippen LogP contribution in [0.2, 0.25) is 0 Å². The summed E-state index contributed by atoms with van der Waals surface area (Å²) in [4.78, 5) is 2.60. The topological polar surface area (TPSA) is 55.7 Å². The Bertz CT molecular complexity index is 777. The molecule has 6 aliphatic rings. The van der Waals surface area contributed by atoms with Crippen LogP contribution in [0, 0.1) is 11.3 Å². The number of hydrogen-bond acceptors (Lipinski definition) is 4. The van der Waals surface area contributed by atoms with Crippen molar-refractivity contribution < 1.29 is 10.2 Å². The van der Waals surface area contributed by atoms with Gasteiger partial charge in [0, 0.05) is 35.1 Å². The zero-order valence-electron chi connectivity index (χ0n) is 13.9. The van der Waals surface area contributed by atoms with Gasteiger partial charge in [0.05, 0.1) is 18.8 Å². The maximum absolute atomic E-state index is 11.7. The second kappa shape index (κ2) is 4.06. The molecule has 3 unspecified atom stereocenters. The first-order chi connectivity index (χ1) is 11.7. The first-order valence-corrected chi connectivity index (χ1v) is 9.24. The molecule has 1 aliphatic carbocycles. The molecule has 5 aliphatic heterocycles. The molecule has 4 nitrogen and oxygen atoms in total. The van der Waals surface area contributed by atoms with Crippen LogP contribution in [-0.4, -0.2) is 52.5 Å². The highest BCUT2D eigenvalue weighted by molar-refractivity contribution is 5.66. The normalized spacial score (nSPS) is 54.0. The molecule has 126 valence electrons. The number of nitrogens with zero attached hydrogens (tertiary/aromatic N) is 1. The van der Waals surface area contributed by atoms with Crippen molar-refractivity contribution in [2.75, 3.05) is 18.5 Å². The number of para-hydroxylation sites is 1. The van der Waals surface area contributed by atoms with E-state index >= 15 is 0 Å². The maximum atomic E-state index is 11.7. The van der Waals surface area contributed by atoms with Crippen molar-refractivity contribution in [3.05, 3.63) is 41.5 Å². The van der Waals surface area contributed by atoms with E-state index in [9.17, 15) is 10.2 Å². The number of aliphatic hydroxyl groups is 2. The van der Waals surface area contributed by atoms with Gasteiger partial charge in [-0.1, -0.05) is 29.8 Å². The molecule has 1 spiro atoms. The van der Waals surface area contributed by atoms with Crippen molar-refractivity contribution >= 4 is 5.69 Å². The van der Waals surface area contributed by atoms with Crippen molar-refractivity contribution in [2.45, 2.75) is 49.4 Å². The largest absolute Gasteiger partial charge is 0.396 e. The van der Waals surface area contributed by atoms with E-state index in [1.807, 2.05) is 0 Å². The third kappa shape index (κ3) is 1.14. The molecule has 0 aromatic heterocycles. The van der Waals surface area contributed by atoms with Gasteiger partial charge >= 0.3 is 0 Å². The van der Waals surface area contributed by atoms with Gasteiger partial charge in [-0.15, -0.1) is 0 Å². The molecular weight excluding hydrogens is 300 g/mol. The van der Waals surface area contributed by atoms with Crippen molar-refractivity contribution in [2.24, 2.45) is 11.3 Å². The smallest absolute Gasteiger partial charge is 0.0757 e. The molecule has 1 saturated carbocycles. The van der Waals surface area contributed by atoms with Crippen molar-refractivity contribution in [1.29, 1.82) is 0 Å². The van der Waals surface area contributed by atoms with Crippen LogP contribution in [0.15, 0.2) is 35.9 Å². The van der Waals surface area contributed by atoms with Gasteiger partial charge in [-0.3, -0.25) is 4.90 Å². The third-order valence-electron chi connectivity index (χ3n) is 8.24. The minimum absolute atomic E-state index is 0.0840. The number of nitrogens with one attached hydrogen (secondary N) is 1. The van der Waals surface area contributed by atoms with Gasteiger partial charge in [-0.2, -0.15) is 0 Å². The molecule has 4 saturated heterocycles. The molecule has 8 atom stereocenters. The van der Waals surface area contributed by atoms with Gasteiger partial charge in [-0.05, 0) is 37.3 Å². The minimum atomic E-state index is -0.489. The summed E-state index contributed by atoms with van der Waals surface area (Å²) < 4.78 is 0. The quantitative estimate of drug-likeness (QED) is 0.685. The van der Waals surface area contributed by atoms with E-state index in [0.29, 0.717) is 18.0 Å². The Labute approximate surface area is 142 Å². The number of hydrogen-bond donors (Lipinski definition) is 3. The molecule has 1 aromatic rings. The van der Waals surface area contributed by atoms with Gasteiger partial charge in [0.2, 0.25) is 0 Å². The fourth-order valence-corrected chi connectivity index (χ4v) is 7.40. The standard InChI is InChI=1S/C20H24N2O2/c1-2-11-9-22-15-7-13(11)20(10-23)16(22)8-19(18(20)24)12-5-3-4-6-14(12)21-17(15)19/h2-6,13,15-18,21,23-24H,7-10H2,1H3/b11-2-/t13-,15-,16?,17+,18+,19?,20+/m0/s1. The highest BCUT2D eigenvalue weighted by atomic mass is 16.3. The summed E-state index contributed by atoms with van der Waals surface area (Å²) in [5.41, 5.74) is 3.25. The number of rotatable bonds is 1. The average Bonchev–Trinajstić information content (AvgIpc) is 3.07. The van der Waals surface area contributed by atoms with Crippen LogP contribution in [0.25, 0.3) is 0 Å². The molecule has 5 bridgehead atoms.